The maximum atomic E-state index is 12.4. The van der Waals surface area contributed by atoms with Crippen LogP contribution in [0.2, 0.25) is 0 Å². The van der Waals surface area contributed by atoms with E-state index in [4.69, 9.17) is 0 Å². The van der Waals surface area contributed by atoms with Crippen LogP contribution in [-0.2, 0) is 14.1 Å². The summed E-state index contributed by atoms with van der Waals surface area (Å²) in [4.78, 5) is 29.0. The Balaban J connectivity index is 1.84. The van der Waals surface area contributed by atoms with Crippen molar-refractivity contribution in [1.29, 1.82) is 0 Å². The highest BCUT2D eigenvalue weighted by Crippen LogP contribution is 2.13. The van der Waals surface area contributed by atoms with Gasteiger partial charge in [0.25, 0.3) is 5.56 Å². The first-order chi connectivity index (χ1) is 16.9. The molecule has 0 amide bonds. The molecule has 0 fully saturated rings. The predicted octanol–water partition coefficient (Wildman–Crippen LogP) is 0.752. The number of aliphatic hydroxyl groups excluding tert-OH is 1. The van der Waals surface area contributed by atoms with Gasteiger partial charge in [0.1, 0.15) is 11.8 Å². The van der Waals surface area contributed by atoms with Crippen molar-refractivity contribution in [2.24, 2.45) is 20.0 Å². The lowest BCUT2D eigenvalue weighted by Crippen LogP contribution is -2.37. The standard InChI is InChI=1S/C25H35N7O4/c1-14(2)12-20(33)26-13-16(4)21-27-22-18(17(5)28-32(22)29-21)10-8-15(3)9-11-19-23(34)30(6)25(36)31(7)24(19)35/h8-11,14,16,20,26,33-34H,12-13H2,1-7H3. The average Bonchev–Trinajstić information content (AvgIpc) is 3.35. The minimum Gasteiger partial charge on any atom is -0.494 e. The largest absolute Gasteiger partial charge is 0.494 e. The molecule has 36 heavy (non-hydrogen) atoms. The fraction of sp³-hybridized carbons (Fsp3) is 0.480. The van der Waals surface area contributed by atoms with Gasteiger partial charge in [-0.05, 0) is 38.3 Å². The zero-order valence-electron chi connectivity index (χ0n) is 21.8. The van der Waals surface area contributed by atoms with Crippen molar-refractivity contribution in [2.75, 3.05) is 6.54 Å². The van der Waals surface area contributed by atoms with Crippen LogP contribution < -0.4 is 21.8 Å². The Morgan fingerprint density at radius 2 is 1.83 bits per heavy atom. The van der Waals surface area contributed by atoms with Gasteiger partial charge in [0, 0.05) is 31.8 Å². The number of rotatable bonds is 9. The monoisotopic (exact) mass is 497 g/mol. The number of aromatic nitrogens is 6. The van der Waals surface area contributed by atoms with E-state index < -0.39 is 17.5 Å². The van der Waals surface area contributed by atoms with Crippen LogP contribution >= 0.6 is 0 Å². The van der Waals surface area contributed by atoms with E-state index in [9.17, 15) is 19.8 Å². The van der Waals surface area contributed by atoms with Gasteiger partial charge in [-0.2, -0.15) is 5.10 Å². The number of fused-ring (bicyclic) bond motifs is 1. The van der Waals surface area contributed by atoms with Crippen LogP contribution in [0.25, 0.3) is 17.8 Å². The summed E-state index contributed by atoms with van der Waals surface area (Å²) >= 11 is 0. The third-order valence-corrected chi connectivity index (χ3v) is 5.97. The molecule has 3 aromatic heterocycles. The van der Waals surface area contributed by atoms with E-state index in [0.717, 1.165) is 25.6 Å². The molecule has 0 saturated heterocycles. The van der Waals surface area contributed by atoms with Crippen LogP contribution in [0.4, 0.5) is 0 Å². The number of nitrogens with one attached hydrogen (secondary N) is 1. The lowest BCUT2D eigenvalue weighted by Gasteiger charge is -2.16. The molecule has 0 radical (unpaired) electrons. The molecule has 0 spiro atoms. The maximum absolute atomic E-state index is 12.4. The first-order valence-corrected chi connectivity index (χ1v) is 11.9. The first kappa shape index (κ1) is 27.0. The van der Waals surface area contributed by atoms with Crippen molar-refractivity contribution in [3.63, 3.8) is 0 Å². The number of aromatic hydroxyl groups is 1. The maximum Gasteiger partial charge on any atom is 0.333 e. The molecular weight excluding hydrogens is 462 g/mol. The summed E-state index contributed by atoms with van der Waals surface area (Å²) in [5.41, 5.74) is 1.08. The van der Waals surface area contributed by atoms with Gasteiger partial charge >= 0.3 is 5.69 Å². The van der Waals surface area contributed by atoms with Crippen LogP contribution in [-0.4, -0.2) is 51.9 Å². The van der Waals surface area contributed by atoms with Gasteiger partial charge in [0.2, 0.25) is 5.88 Å². The van der Waals surface area contributed by atoms with Gasteiger partial charge in [-0.1, -0.05) is 38.5 Å². The summed E-state index contributed by atoms with van der Waals surface area (Å²) in [5, 5.41) is 33.2. The minimum atomic E-state index is -0.594. The third kappa shape index (κ3) is 5.80. The summed E-state index contributed by atoms with van der Waals surface area (Å²) in [6.07, 6.45) is 7.01. The number of hydrogen-bond donors (Lipinski definition) is 3. The summed E-state index contributed by atoms with van der Waals surface area (Å²) in [6, 6.07) is 0. The zero-order valence-corrected chi connectivity index (χ0v) is 21.8. The number of allylic oxidation sites excluding steroid dienone is 3. The molecule has 11 nitrogen and oxygen atoms in total. The second kappa shape index (κ2) is 11.0. The van der Waals surface area contributed by atoms with Crippen LogP contribution in [0.1, 0.15) is 57.1 Å². The fourth-order valence-corrected chi connectivity index (χ4v) is 3.74. The lowest BCUT2D eigenvalue weighted by atomic mass is 10.1. The van der Waals surface area contributed by atoms with Crippen LogP contribution in [0.15, 0.2) is 27.3 Å². The van der Waals surface area contributed by atoms with E-state index in [-0.39, 0.29) is 17.4 Å². The molecule has 0 bridgehead atoms. The molecule has 3 N–H and O–H groups in total. The van der Waals surface area contributed by atoms with Gasteiger partial charge in [0.15, 0.2) is 11.5 Å². The van der Waals surface area contributed by atoms with Gasteiger partial charge in [-0.25, -0.2) is 9.78 Å². The zero-order chi connectivity index (χ0) is 26.7. The molecule has 11 heteroatoms. The van der Waals surface area contributed by atoms with Gasteiger partial charge in [-0.15, -0.1) is 9.73 Å². The van der Waals surface area contributed by atoms with Crippen molar-refractivity contribution in [3.8, 4) is 5.88 Å². The van der Waals surface area contributed by atoms with Gasteiger partial charge in [-0.3, -0.25) is 19.2 Å². The molecule has 2 unspecified atom stereocenters. The number of aliphatic hydroxyl groups is 1. The SMILES string of the molecule is CC(C=Cc1c(O)n(C)c(=O)n(C)c1=O)=CC=c1c(C)nn2nc(C(C)CNC(O)CC(C)C)nc12. The van der Waals surface area contributed by atoms with Crippen molar-refractivity contribution < 1.29 is 10.2 Å². The summed E-state index contributed by atoms with van der Waals surface area (Å²) in [6.45, 7) is 10.4. The normalized spacial score (nSPS) is 15.0. The molecule has 0 saturated carbocycles. The van der Waals surface area contributed by atoms with E-state index in [1.807, 2.05) is 32.9 Å². The topological polar surface area (TPSA) is 140 Å². The second-order valence-electron chi connectivity index (χ2n) is 9.59. The van der Waals surface area contributed by atoms with E-state index >= 15 is 0 Å². The Labute approximate surface area is 209 Å². The molecule has 0 aliphatic carbocycles. The summed E-state index contributed by atoms with van der Waals surface area (Å²) in [7, 11) is 2.77. The van der Waals surface area contributed by atoms with E-state index in [1.54, 1.807) is 6.08 Å². The van der Waals surface area contributed by atoms with E-state index in [1.165, 1.54) is 24.8 Å². The Morgan fingerprint density at radius 3 is 2.50 bits per heavy atom. The molecule has 194 valence electrons. The number of aryl methyl sites for hydroxylation is 1. The summed E-state index contributed by atoms with van der Waals surface area (Å²) < 4.78 is 3.49. The highest BCUT2D eigenvalue weighted by molar-refractivity contribution is 5.59. The molecule has 2 atom stereocenters. The second-order valence-corrected chi connectivity index (χ2v) is 9.59. The fourth-order valence-electron chi connectivity index (χ4n) is 3.74. The molecule has 0 aliphatic heterocycles. The van der Waals surface area contributed by atoms with Gasteiger partial charge < -0.3 is 10.2 Å². The predicted molar refractivity (Wildman–Crippen MR) is 138 cm³/mol. The highest BCUT2D eigenvalue weighted by atomic mass is 16.3. The van der Waals surface area contributed by atoms with Crippen molar-refractivity contribution in [3.05, 3.63) is 60.9 Å². The molecule has 3 aromatic rings. The smallest absolute Gasteiger partial charge is 0.333 e. The Bertz CT molecular complexity index is 1480. The number of nitrogens with zero attached hydrogens (tertiary/aromatic N) is 6. The van der Waals surface area contributed by atoms with Crippen LogP contribution in [0, 0.1) is 12.8 Å². The van der Waals surface area contributed by atoms with Crippen LogP contribution in [0.3, 0.4) is 0 Å². The molecule has 3 rings (SSSR count). The third-order valence-electron chi connectivity index (χ3n) is 5.97. The summed E-state index contributed by atoms with van der Waals surface area (Å²) in [5.74, 6) is 0.633. The lowest BCUT2D eigenvalue weighted by molar-refractivity contribution is 0.112. The van der Waals surface area contributed by atoms with E-state index in [2.05, 4.69) is 34.3 Å². The van der Waals surface area contributed by atoms with E-state index in [0.29, 0.717) is 30.4 Å². The quantitative estimate of drug-likeness (QED) is 0.291. The molecule has 0 aromatic carbocycles. The Hall–Kier alpha value is -3.57. The first-order valence-electron chi connectivity index (χ1n) is 11.9. The van der Waals surface area contributed by atoms with Crippen LogP contribution in [0.5, 0.6) is 5.88 Å². The van der Waals surface area contributed by atoms with Crippen molar-refractivity contribution in [2.45, 2.75) is 53.2 Å². The minimum absolute atomic E-state index is 0.0148. The Morgan fingerprint density at radius 1 is 1.14 bits per heavy atom. The molecular formula is C25H35N7O4. The van der Waals surface area contributed by atoms with Gasteiger partial charge in [0.05, 0.1) is 5.69 Å². The molecule has 0 aliphatic rings. The van der Waals surface area contributed by atoms with Crippen molar-refractivity contribution >= 4 is 17.8 Å². The molecule has 3 heterocycles. The Kier molecular flexibility index (Phi) is 8.26. The van der Waals surface area contributed by atoms with Crippen molar-refractivity contribution in [1.82, 2.24) is 34.3 Å². The number of hydrogen-bond acceptors (Lipinski definition) is 8. The highest BCUT2D eigenvalue weighted by Gasteiger charge is 2.17. The average molecular weight is 498 g/mol.